The van der Waals surface area contributed by atoms with E-state index in [0.29, 0.717) is 34.8 Å². The number of fused-ring (bicyclic) bond motifs is 1. The van der Waals surface area contributed by atoms with Crippen molar-refractivity contribution in [1.82, 2.24) is 20.3 Å². The van der Waals surface area contributed by atoms with Crippen molar-refractivity contribution < 1.29 is 4.63 Å². The fourth-order valence-electron chi connectivity index (χ4n) is 1.49. The van der Waals surface area contributed by atoms with Gasteiger partial charge in [0, 0.05) is 13.1 Å². The summed E-state index contributed by atoms with van der Waals surface area (Å²) in [6.45, 7) is 10.2. The number of nitrogens with one attached hydrogen (secondary N) is 2. The first kappa shape index (κ1) is 13.5. The maximum Gasteiger partial charge on any atom is 0.245 e. The molecule has 7 nitrogen and oxygen atoms in total. The van der Waals surface area contributed by atoms with E-state index < -0.39 is 0 Å². The Labute approximate surface area is 112 Å². The standard InChI is InChI=1S/C12H20N6O/c1-7(2)5-13-9-10(14-6-8(3)4)16-12-11(15-9)17-19-18-12/h7-8H,5-6H2,1-4H3,(H,13,15,17)(H,14,16,18). The zero-order valence-electron chi connectivity index (χ0n) is 11.8. The number of anilines is 2. The van der Waals surface area contributed by atoms with Crippen LogP contribution in [0.1, 0.15) is 27.7 Å². The SMILES string of the molecule is CC(C)CNc1nc2nonc2nc1NCC(C)C. The smallest absolute Gasteiger partial charge is 0.245 e. The molecule has 2 rings (SSSR count). The average molecular weight is 264 g/mol. The predicted molar refractivity (Wildman–Crippen MR) is 74.0 cm³/mol. The molecule has 104 valence electrons. The Morgan fingerprint density at radius 3 is 1.63 bits per heavy atom. The largest absolute Gasteiger partial charge is 0.367 e. The fourth-order valence-corrected chi connectivity index (χ4v) is 1.49. The third-order valence-corrected chi connectivity index (χ3v) is 2.47. The molecule has 0 aliphatic heterocycles. The lowest BCUT2D eigenvalue weighted by molar-refractivity contribution is 0.314. The molecule has 0 unspecified atom stereocenters. The van der Waals surface area contributed by atoms with Crippen LogP contribution < -0.4 is 10.6 Å². The second kappa shape index (κ2) is 5.81. The summed E-state index contributed by atoms with van der Waals surface area (Å²) in [6, 6.07) is 0. The van der Waals surface area contributed by atoms with E-state index in [9.17, 15) is 0 Å². The number of rotatable bonds is 6. The first-order chi connectivity index (χ1) is 9.06. The van der Waals surface area contributed by atoms with Gasteiger partial charge in [0.25, 0.3) is 0 Å². The van der Waals surface area contributed by atoms with Crippen molar-refractivity contribution in [2.45, 2.75) is 27.7 Å². The van der Waals surface area contributed by atoms with Crippen molar-refractivity contribution in [2.24, 2.45) is 11.8 Å². The van der Waals surface area contributed by atoms with Crippen LogP contribution in [-0.4, -0.2) is 33.4 Å². The van der Waals surface area contributed by atoms with E-state index in [1.807, 2.05) is 0 Å². The Bertz CT molecular complexity index is 490. The van der Waals surface area contributed by atoms with Gasteiger partial charge in [-0.15, -0.1) is 0 Å². The zero-order valence-corrected chi connectivity index (χ0v) is 11.8. The summed E-state index contributed by atoms with van der Waals surface area (Å²) in [6.07, 6.45) is 0. The third-order valence-electron chi connectivity index (χ3n) is 2.47. The molecule has 19 heavy (non-hydrogen) atoms. The normalized spacial score (nSPS) is 11.5. The molecule has 0 saturated heterocycles. The molecular weight excluding hydrogens is 244 g/mol. The lowest BCUT2D eigenvalue weighted by Crippen LogP contribution is -2.15. The Kier molecular flexibility index (Phi) is 4.13. The summed E-state index contributed by atoms with van der Waals surface area (Å²) >= 11 is 0. The second-order valence-corrected chi connectivity index (χ2v) is 5.38. The first-order valence-corrected chi connectivity index (χ1v) is 6.54. The summed E-state index contributed by atoms with van der Waals surface area (Å²) in [7, 11) is 0. The summed E-state index contributed by atoms with van der Waals surface area (Å²) < 4.78 is 4.65. The Morgan fingerprint density at radius 2 is 1.26 bits per heavy atom. The number of nitrogens with zero attached hydrogens (tertiary/aromatic N) is 4. The van der Waals surface area contributed by atoms with Crippen LogP contribution in [0.2, 0.25) is 0 Å². The average Bonchev–Trinajstić information content (AvgIpc) is 2.79. The Morgan fingerprint density at radius 1 is 0.842 bits per heavy atom. The van der Waals surface area contributed by atoms with Crippen molar-refractivity contribution in [3.05, 3.63) is 0 Å². The summed E-state index contributed by atoms with van der Waals surface area (Å²) in [4.78, 5) is 8.76. The molecule has 0 radical (unpaired) electrons. The maximum absolute atomic E-state index is 4.65. The van der Waals surface area contributed by atoms with E-state index in [-0.39, 0.29) is 0 Å². The summed E-state index contributed by atoms with van der Waals surface area (Å²) in [5, 5.41) is 14.0. The van der Waals surface area contributed by atoms with Crippen molar-refractivity contribution in [2.75, 3.05) is 23.7 Å². The van der Waals surface area contributed by atoms with Crippen molar-refractivity contribution in [3.8, 4) is 0 Å². The van der Waals surface area contributed by atoms with Crippen LogP contribution in [0.4, 0.5) is 11.6 Å². The Hall–Kier alpha value is -1.92. The maximum atomic E-state index is 4.65. The van der Waals surface area contributed by atoms with E-state index in [4.69, 9.17) is 0 Å². The van der Waals surface area contributed by atoms with Gasteiger partial charge in [0.15, 0.2) is 11.6 Å². The van der Waals surface area contributed by atoms with Crippen LogP contribution in [0.3, 0.4) is 0 Å². The van der Waals surface area contributed by atoms with E-state index in [1.165, 1.54) is 0 Å². The summed E-state index contributed by atoms with van der Waals surface area (Å²) in [5.74, 6) is 2.42. The first-order valence-electron chi connectivity index (χ1n) is 6.54. The summed E-state index contributed by atoms with van der Waals surface area (Å²) in [5.41, 5.74) is 0.836. The van der Waals surface area contributed by atoms with Gasteiger partial charge in [0.2, 0.25) is 11.3 Å². The van der Waals surface area contributed by atoms with Gasteiger partial charge in [-0.1, -0.05) is 27.7 Å². The van der Waals surface area contributed by atoms with E-state index >= 15 is 0 Å². The Balaban J connectivity index is 2.24. The van der Waals surface area contributed by atoms with E-state index in [2.05, 4.69) is 63.2 Å². The molecule has 2 heterocycles. The van der Waals surface area contributed by atoms with Crippen LogP contribution in [0.5, 0.6) is 0 Å². The molecule has 0 spiro atoms. The van der Waals surface area contributed by atoms with Crippen molar-refractivity contribution >= 4 is 22.9 Å². The van der Waals surface area contributed by atoms with Gasteiger partial charge in [-0.05, 0) is 22.1 Å². The minimum atomic E-state index is 0.418. The van der Waals surface area contributed by atoms with E-state index in [1.54, 1.807) is 0 Å². The molecule has 0 atom stereocenters. The van der Waals surface area contributed by atoms with Crippen LogP contribution in [0.25, 0.3) is 11.3 Å². The highest BCUT2D eigenvalue weighted by Crippen LogP contribution is 2.20. The molecule has 0 aliphatic carbocycles. The molecule has 2 N–H and O–H groups in total. The van der Waals surface area contributed by atoms with Crippen LogP contribution in [0.15, 0.2) is 4.63 Å². The van der Waals surface area contributed by atoms with Crippen LogP contribution in [-0.2, 0) is 0 Å². The topological polar surface area (TPSA) is 88.8 Å². The highest BCUT2D eigenvalue weighted by atomic mass is 16.6. The van der Waals surface area contributed by atoms with Gasteiger partial charge >= 0.3 is 0 Å². The lowest BCUT2D eigenvalue weighted by Gasteiger charge is -2.13. The molecule has 0 amide bonds. The molecular formula is C12H20N6O. The van der Waals surface area contributed by atoms with Gasteiger partial charge in [-0.3, -0.25) is 0 Å². The fraction of sp³-hybridized carbons (Fsp3) is 0.667. The van der Waals surface area contributed by atoms with Gasteiger partial charge in [-0.2, -0.15) is 0 Å². The van der Waals surface area contributed by atoms with Crippen molar-refractivity contribution in [3.63, 3.8) is 0 Å². The molecule has 0 saturated carbocycles. The molecule has 2 aromatic rings. The second-order valence-electron chi connectivity index (χ2n) is 5.38. The van der Waals surface area contributed by atoms with Gasteiger partial charge < -0.3 is 10.6 Å². The van der Waals surface area contributed by atoms with Gasteiger partial charge in [0.05, 0.1) is 0 Å². The van der Waals surface area contributed by atoms with Gasteiger partial charge in [0.1, 0.15) is 0 Å². The molecule has 2 aromatic heterocycles. The van der Waals surface area contributed by atoms with E-state index in [0.717, 1.165) is 13.1 Å². The number of hydrogen-bond donors (Lipinski definition) is 2. The zero-order chi connectivity index (χ0) is 13.8. The molecule has 0 bridgehead atoms. The monoisotopic (exact) mass is 264 g/mol. The predicted octanol–water partition coefficient (Wildman–Crippen LogP) is 2.15. The molecule has 7 heteroatoms. The molecule has 0 fully saturated rings. The molecule has 0 aliphatic rings. The number of aromatic nitrogens is 4. The van der Waals surface area contributed by atoms with Crippen LogP contribution in [0, 0.1) is 11.8 Å². The quantitative estimate of drug-likeness (QED) is 0.826. The highest BCUT2D eigenvalue weighted by Gasteiger charge is 2.12. The molecule has 0 aromatic carbocycles. The van der Waals surface area contributed by atoms with Gasteiger partial charge in [-0.25, -0.2) is 14.6 Å². The number of hydrogen-bond acceptors (Lipinski definition) is 7. The minimum absolute atomic E-state index is 0.418. The highest BCUT2D eigenvalue weighted by molar-refractivity contribution is 5.73. The lowest BCUT2D eigenvalue weighted by atomic mass is 10.2. The van der Waals surface area contributed by atoms with Crippen LogP contribution >= 0.6 is 0 Å². The van der Waals surface area contributed by atoms with Crippen molar-refractivity contribution in [1.29, 1.82) is 0 Å². The third kappa shape index (κ3) is 3.52. The minimum Gasteiger partial charge on any atom is -0.367 e.